The molecule has 0 bridgehead atoms. The summed E-state index contributed by atoms with van der Waals surface area (Å²) in [7, 11) is 0. The quantitative estimate of drug-likeness (QED) is 0.747. The highest BCUT2D eigenvalue weighted by Gasteiger charge is 2.53. The summed E-state index contributed by atoms with van der Waals surface area (Å²) in [4.78, 5) is 11.7. The van der Waals surface area contributed by atoms with Crippen LogP contribution in [0.1, 0.15) is 65.2 Å². The Morgan fingerprint density at radius 3 is 2.65 bits per heavy atom. The number of carboxylic acid groups (broad SMARTS) is 1. The van der Waals surface area contributed by atoms with E-state index in [9.17, 15) is 15.0 Å². The first-order valence-corrected chi connectivity index (χ1v) is 7.99. The van der Waals surface area contributed by atoms with Gasteiger partial charge in [0.2, 0.25) is 0 Å². The number of allylic oxidation sites excluding steroid dienone is 1. The van der Waals surface area contributed by atoms with E-state index < -0.39 is 11.4 Å². The van der Waals surface area contributed by atoms with E-state index in [4.69, 9.17) is 0 Å². The fourth-order valence-electron chi connectivity index (χ4n) is 5.32. The molecule has 0 heterocycles. The molecule has 0 aromatic rings. The Kier molecular flexibility index (Phi) is 3.24. The second-order valence-corrected chi connectivity index (χ2v) is 7.55. The lowest BCUT2D eigenvalue weighted by Crippen LogP contribution is -2.55. The molecule has 0 unspecified atom stereocenters. The number of aliphatic carboxylic acids is 1. The van der Waals surface area contributed by atoms with E-state index in [0.717, 1.165) is 51.4 Å². The smallest absolute Gasteiger partial charge is 0.0580 e. The molecular weight excluding hydrogens is 252 g/mol. The van der Waals surface area contributed by atoms with E-state index in [1.807, 2.05) is 6.92 Å². The number of hydrogen-bond acceptors (Lipinski definition) is 3. The maximum atomic E-state index is 11.7. The van der Waals surface area contributed by atoms with Crippen molar-refractivity contribution in [1.82, 2.24) is 0 Å². The molecule has 0 amide bonds. The van der Waals surface area contributed by atoms with Crippen molar-refractivity contribution in [1.29, 1.82) is 0 Å². The van der Waals surface area contributed by atoms with E-state index in [-0.39, 0.29) is 17.4 Å². The summed E-state index contributed by atoms with van der Waals surface area (Å²) in [5.74, 6) is -0.716. The number of hydrogen-bond donors (Lipinski definition) is 1. The van der Waals surface area contributed by atoms with Gasteiger partial charge >= 0.3 is 0 Å². The van der Waals surface area contributed by atoms with Crippen LogP contribution in [0.3, 0.4) is 0 Å². The van der Waals surface area contributed by atoms with Crippen LogP contribution in [0.2, 0.25) is 0 Å². The zero-order valence-corrected chi connectivity index (χ0v) is 12.6. The van der Waals surface area contributed by atoms with E-state index in [1.165, 1.54) is 11.1 Å². The fraction of sp³-hybridized carbons (Fsp3) is 0.824. The lowest BCUT2D eigenvalue weighted by Gasteiger charge is -2.57. The SMILES string of the molecule is C[C@@]1(C(=O)[O-])CCC[C@@]2(C)C3=C(CC[C@@H](O)C3)CC[C@@H]12. The van der Waals surface area contributed by atoms with Crippen LogP contribution in [-0.2, 0) is 4.79 Å². The van der Waals surface area contributed by atoms with Gasteiger partial charge in [-0.1, -0.05) is 31.4 Å². The van der Waals surface area contributed by atoms with Gasteiger partial charge in [-0.05, 0) is 56.3 Å². The van der Waals surface area contributed by atoms with Crippen LogP contribution in [-0.4, -0.2) is 17.2 Å². The Bertz CT molecular complexity index is 467. The van der Waals surface area contributed by atoms with Crippen LogP contribution >= 0.6 is 0 Å². The van der Waals surface area contributed by atoms with Crippen LogP contribution in [0.5, 0.6) is 0 Å². The van der Waals surface area contributed by atoms with Crippen molar-refractivity contribution < 1.29 is 15.0 Å². The molecule has 0 radical (unpaired) electrons. The van der Waals surface area contributed by atoms with E-state index in [0.29, 0.717) is 0 Å². The minimum absolute atomic E-state index is 0.0396. The summed E-state index contributed by atoms with van der Waals surface area (Å²) in [5.41, 5.74) is 2.16. The molecule has 20 heavy (non-hydrogen) atoms. The van der Waals surface area contributed by atoms with Gasteiger partial charge in [0.25, 0.3) is 0 Å². The van der Waals surface area contributed by atoms with Crippen molar-refractivity contribution >= 4 is 5.97 Å². The predicted molar refractivity (Wildman–Crippen MR) is 74.7 cm³/mol. The van der Waals surface area contributed by atoms with Crippen molar-refractivity contribution in [2.75, 3.05) is 0 Å². The third-order valence-corrected chi connectivity index (χ3v) is 6.47. The molecule has 3 aliphatic carbocycles. The molecule has 0 saturated heterocycles. The van der Waals surface area contributed by atoms with Gasteiger partial charge in [0, 0.05) is 11.4 Å². The molecule has 0 spiro atoms. The molecule has 4 atom stereocenters. The number of fused-ring (bicyclic) bond motifs is 2. The van der Waals surface area contributed by atoms with Crippen molar-refractivity contribution in [2.24, 2.45) is 16.7 Å². The number of carboxylic acids is 1. The molecule has 3 aliphatic rings. The van der Waals surface area contributed by atoms with Crippen molar-refractivity contribution in [2.45, 2.75) is 71.3 Å². The van der Waals surface area contributed by atoms with Gasteiger partial charge in [0.05, 0.1) is 6.10 Å². The first-order chi connectivity index (χ1) is 9.38. The average molecular weight is 277 g/mol. The summed E-state index contributed by atoms with van der Waals surface area (Å²) in [6, 6.07) is 0. The number of aliphatic hydroxyl groups is 1. The summed E-state index contributed by atoms with van der Waals surface area (Å²) < 4.78 is 0. The van der Waals surface area contributed by atoms with Gasteiger partial charge in [-0.2, -0.15) is 0 Å². The van der Waals surface area contributed by atoms with Crippen LogP contribution in [0.25, 0.3) is 0 Å². The fourth-order valence-corrected chi connectivity index (χ4v) is 5.32. The van der Waals surface area contributed by atoms with E-state index >= 15 is 0 Å². The molecule has 0 aromatic carbocycles. The van der Waals surface area contributed by atoms with Gasteiger partial charge in [-0.25, -0.2) is 0 Å². The second kappa shape index (κ2) is 4.59. The predicted octanol–water partition coefficient (Wildman–Crippen LogP) is 2.18. The van der Waals surface area contributed by atoms with Gasteiger partial charge < -0.3 is 15.0 Å². The Labute approximate surface area is 121 Å². The van der Waals surface area contributed by atoms with Crippen LogP contribution in [0, 0.1) is 16.7 Å². The second-order valence-electron chi connectivity index (χ2n) is 7.55. The van der Waals surface area contributed by atoms with Gasteiger partial charge in [0.1, 0.15) is 0 Å². The summed E-state index contributed by atoms with van der Waals surface area (Å²) >= 11 is 0. The monoisotopic (exact) mass is 277 g/mol. The zero-order chi connectivity index (χ0) is 14.5. The molecule has 3 nitrogen and oxygen atoms in total. The standard InChI is InChI=1S/C17H26O3/c1-16-8-3-9-17(2,15(19)20)14(16)7-5-11-4-6-12(18)10-13(11)16/h12,14,18H,3-10H2,1-2H3,(H,19,20)/p-1/t12-,14-,16+,17-/m1/s1. The Morgan fingerprint density at radius 1 is 1.25 bits per heavy atom. The third-order valence-electron chi connectivity index (χ3n) is 6.47. The van der Waals surface area contributed by atoms with Gasteiger partial charge in [-0.15, -0.1) is 0 Å². The Morgan fingerprint density at radius 2 is 1.95 bits per heavy atom. The van der Waals surface area contributed by atoms with Crippen molar-refractivity contribution in [3.05, 3.63) is 11.1 Å². The highest BCUT2D eigenvalue weighted by Crippen LogP contribution is 2.61. The molecule has 0 aliphatic heterocycles. The lowest BCUT2D eigenvalue weighted by molar-refractivity contribution is -0.325. The zero-order valence-electron chi connectivity index (χ0n) is 12.6. The lowest BCUT2D eigenvalue weighted by atomic mass is 9.48. The topological polar surface area (TPSA) is 60.4 Å². The van der Waals surface area contributed by atoms with Crippen molar-refractivity contribution in [3.8, 4) is 0 Å². The minimum atomic E-state index is -0.881. The first kappa shape index (κ1) is 14.1. The molecule has 1 N–H and O–H groups in total. The highest BCUT2D eigenvalue weighted by atomic mass is 16.4. The number of carbonyl (C=O) groups excluding carboxylic acids is 1. The summed E-state index contributed by atoms with van der Waals surface area (Å²) in [5, 5.41) is 21.8. The average Bonchev–Trinajstić information content (AvgIpc) is 2.39. The number of rotatable bonds is 1. The van der Waals surface area contributed by atoms with E-state index in [1.54, 1.807) is 0 Å². The molecule has 112 valence electrons. The largest absolute Gasteiger partial charge is 0.550 e. The molecular formula is C17H25O3-. The van der Waals surface area contributed by atoms with Crippen molar-refractivity contribution in [3.63, 3.8) is 0 Å². The molecule has 3 rings (SSSR count). The Hall–Kier alpha value is -0.830. The molecule has 3 heteroatoms. The molecule has 1 saturated carbocycles. The van der Waals surface area contributed by atoms with E-state index in [2.05, 4.69) is 6.92 Å². The van der Waals surface area contributed by atoms with Gasteiger partial charge in [-0.3, -0.25) is 0 Å². The van der Waals surface area contributed by atoms with Gasteiger partial charge in [0.15, 0.2) is 0 Å². The molecule has 0 aromatic heterocycles. The van der Waals surface area contributed by atoms with Crippen LogP contribution in [0.15, 0.2) is 11.1 Å². The number of carbonyl (C=O) groups is 1. The highest BCUT2D eigenvalue weighted by molar-refractivity contribution is 5.73. The Balaban J connectivity index is 2.03. The van der Waals surface area contributed by atoms with Crippen LogP contribution in [0.4, 0.5) is 0 Å². The normalized spacial score (nSPS) is 44.8. The minimum Gasteiger partial charge on any atom is -0.550 e. The van der Waals surface area contributed by atoms with Crippen LogP contribution < -0.4 is 5.11 Å². The maximum absolute atomic E-state index is 11.7. The first-order valence-electron chi connectivity index (χ1n) is 7.99. The third kappa shape index (κ3) is 1.86. The summed E-state index contributed by atoms with van der Waals surface area (Å²) in [6.07, 6.45) is 7.13. The maximum Gasteiger partial charge on any atom is 0.0580 e. The molecule has 1 fully saturated rings. The number of aliphatic hydroxyl groups excluding tert-OH is 1. The summed E-state index contributed by atoms with van der Waals surface area (Å²) in [6.45, 7) is 4.12.